The fraction of sp³-hybridized carbons (Fsp3) is 0.929. The highest BCUT2D eigenvalue weighted by Crippen LogP contribution is 2.32. The molecule has 1 saturated heterocycles. The minimum absolute atomic E-state index is 0.0766. The van der Waals surface area contributed by atoms with Gasteiger partial charge in [-0.2, -0.15) is 0 Å². The number of piperidine rings is 1. The van der Waals surface area contributed by atoms with E-state index < -0.39 is 0 Å². The molecule has 17 heavy (non-hydrogen) atoms. The predicted molar refractivity (Wildman–Crippen MR) is 69.6 cm³/mol. The van der Waals surface area contributed by atoms with E-state index in [0.29, 0.717) is 12.5 Å². The van der Waals surface area contributed by atoms with Gasteiger partial charge in [-0.15, -0.1) is 0 Å². The van der Waals surface area contributed by atoms with Gasteiger partial charge >= 0.3 is 0 Å². The van der Waals surface area contributed by atoms with Gasteiger partial charge in [-0.3, -0.25) is 4.79 Å². The minimum Gasteiger partial charge on any atom is -0.336 e. The quantitative estimate of drug-likeness (QED) is 0.802. The van der Waals surface area contributed by atoms with Crippen LogP contribution >= 0.6 is 0 Å². The lowest BCUT2D eigenvalue weighted by atomic mass is 9.83. The molecule has 1 atom stereocenters. The Morgan fingerprint density at radius 1 is 1.24 bits per heavy atom. The molecule has 0 spiro atoms. The number of nitrogens with zero attached hydrogens (tertiary/aromatic N) is 1. The lowest BCUT2D eigenvalue weighted by Gasteiger charge is -2.46. The predicted octanol–water partition coefficient (Wildman–Crippen LogP) is 2.30. The summed E-state index contributed by atoms with van der Waals surface area (Å²) in [6, 6.07) is 0. The van der Waals surface area contributed by atoms with Gasteiger partial charge in [0.2, 0.25) is 5.91 Å². The Hall–Kier alpha value is -0.570. The standard InChI is InChI=1S/C14H26N2O/c1-14(11-15)9-5-6-10-16(14)13(17)12-7-3-2-4-8-12/h12H,2-11,15H2,1H3. The molecule has 2 N–H and O–H groups in total. The van der Waals surface area contributed by atoms with Gasteiger partial charge in [0.05, 0.1) is 5.54 Å². The minimum atomic E-state index is -0.0766. The molecule has 98 valence electrons. The first-order valence-electron chi connectivity index (χ1n) is 7.19. The highest BCUT2D eigenvalue weighted by Gasteiger charge is 2.38. The average Bonchev–Trinajstić information content (AvgIpc) is 2.39. The SMILES string of the molecule is CC1(CN)CCCCN1C(=O)C1CCCCC1. The molecule has 3 heteroatoms. The Kier molecular flexibility index (Phi) is 4.08. The number of carbonyl (C=O) groups is 1. The maximum atomic E-state index is 12.6. The third-order valence-electron chi connectivity index (χ3n) is 4.66. The zero-order valence-corrected chi connectivity index (χ0v) is 11.1. The van der Waals surface area contributed by atoms with E-state index in [9.17, 15) is 4.79 Å². The van der Waals surface area contributed by atoms with Crippen LogP contribution in [0.25, 0.3) is 0 Å². The Morgan fingerprint density at radius 3 is 2.59 bits per heavy atom. The monoisotopic (exact) mass is 238 g/mol. The molecule has 1 amide bonds. The second-order valence-electron chi connectivity index (χ2n) is 5.98. The summed E-state index contributed by atoms with van der Waals surface area (Å²) < 4.78 is 0. The van der Waals surface area contributed by atoms with Crippen molar-refractivity contribution in [1.82, 2.24) is 4.90 Å². The lowest BCUT2D eigenvalue weighted by Crippen LogP contribution is -2.58. The molecule has 1 aliphatic heterocycles. The highest BCUT2D eigenvalue weighted by atomic mass is 16.2. The number of hydrogen-bond acceptors (Lipinski definition) is 2. The molecule has 0 aromatic heterocycles. The van der Waals surface area contributed by atoms with Gasteiger partial charge in [0, 0.05) is 19.0 Å². The highest BCUT2D eigenvalue weighted by molar-refractivity contribution is 5.79. The van der Waals surface area contributed by atoms with E-state index in [-0.39, 0.29) is 11.5 Å². The van der Waals surface area contributed by atoms with Gasteiger partial charge < -0.3 is 10.6 Å². The number of rotatable bonds is 2. The van der Waals surface area contributed by atoms with Crippen molar-refractivity contribution in [1.29, 1.82) is 0 Å². The zero-order valence-electron chi connectivity index (χ0n) is 11.1. The molecule has 3 nitrogen and oxygen atoms in total. The van der Waals surface area contributed by atoms with Gasteiger partial charge in [-0.1, -0.05) is 19.3 Å². The van der Waals surface area contributed by atoms with Crippen LogP contribution in [0.15, 0.2) is 0 Å². The first-order valence-corrected chi connectivity index (χ1v) is 7.19. The largest absolute Gasteiger partial charge is 0.336 e. The third kappa shape index (κ3) is 2.65. The molecule has 2 rings (SSSR count). The van der Waals surface area contributed by atoms with Crippen molar-refractivity contribution >= 4 is 5.91 Å². The molecule has 1 heterocycles. The van der Waals surface area contributed by atoms with E-state index in [2.05, 4.69) is 11.8 Å². The van der Waals surface area contributed by atoms with Gasteiger partial charge in [-0.05, 0) is 39.0 Å². The molecule has 1 unspecified atom stereocenters. The fourth-order valence-corrected chi connectivity index (χ4v) is 3.34. The second kappa shape index (κ2) is 5.38. The summed E-state index contributed by atoms with van der Waals surface area (Å²) in [5.74, 6) is 0.671. The summed E-state index contributed by atoms with van der Waals surface area (Å²) in [4.78, 5) is 14.7. The summed E-state index contributed by atoms with van der Waals surface area (Å²) >= 11 is 0. The average molecular weight is 238 g/mol. The molecular formula is C14H26N2O. The van der Waals surface area contributed by atoms with Crippen molar-refractivity contribution in [2.75, 3.05) is 13.1 Å². The molecular weight excluding hydrogens is 212 g/mol. The van der Waals surface area contributed by atoms with Crippen molar-refractivity contribution in [3.05, 3.63) is 0 Å². The Balaban J connectivity index is 2.05. The Morgan fingerprint density at radius 2 is 1.94 bits per heavy atom. The van der Waals surface area contributed by atoms with Crippen LogP contribution in [-0.2, 0) is 4.79 Å². The summed E-state index contributed by atoms with van der Waals surface area (Å²) in [6.45, 7) is 3.68. The maximum Gasteiger partial charge on any atom is 0.226 e. The normalized spacial score (nSPS) is 31.5. The zero-order chi connectivity index (χ0) is 12.3. The Bertz CT molecular complexity index is 273. The van der Waals surface area contributed by atoms with Crippen LogP contribution in [0.1, 0.15) is 58.3 Å². The third-order valence-corrected chi connectivity index (χ3v) is 4.66. The van der Waals surface area contributed by atoms with E-state index in [0.717, 1.165) is 32.2 Å². The lowest BCUT2D eigenvalue weighted by molar-refractivity contribution is -0.144. The summed E-state index contributed by atoms with van der Waals surface area (Å²) in [6.07, 6.45) is 9.37. The summed E-state index contributed by atoms with van der Waals surface area (Å²) in [5, 5.41) is 0. The van der Waals surface area contributed by atoms with Crippen LogP contribution in [-0.4, -0.2) is 29.4 Å². The number of nitrogens with two attached hydrogens (primary N) is 1. The van der Waals surface area contributed by atoms with Crippen molar-refractivity contribution in [3.8, 4) is 0 Å². The number of carbonyl (C=O) groups excluding carboxylic acids is 1. The number of hydrogen-bond donors (Lipinski definition) is 1. The number of amides is 1. The smallest absolute Gasteiger partial charge is 0.226 e. The van der Waals surface area contributed by atoms with Gasteiger partial charge in [0.1, 0.15) is 0 Å². The molecule has 1 aliphatic carbocycles. The second-order valence-corrected chi connectivity index (χ2v) is 5.98. The first kappa shape index (κ1) is 12.9. The van der Waals surface area contributed by atoms with Gasteiger partial charge in [0.15, 0.2) is 0 Å². The van der Waals surface area contributed by atoms with Crippen molar-refractivity contribution in [2.24, 2.45) is 11.7 Å². The van der Waals surface area contributed by atoms with Crippen LogP contribution in [0.3, 0.4) is 0 Å². The molecule has 0 aromatic carbocycles. The van der Waals surface area contributed by atoms with Crippen molar-refractivity contribution < 1.29 is 4.79 Å². The van der Waals surface area contributed by atoms with E-state index >= 15 is 0 Å². The Labute approximate surface area is 105 Å². The van der Waals surface area contributed by atoms with E-state index in [1.54, 1.807) is 0 Å². The first-order chi connectivity index (χ1) is 8.17. The fourth-order valence-electron chi connectivity index (χ4n) is 3.34. The number of likely N-dealkylation sites (tertiary alicyclic amines) is 1. The molecule has 0 bridgehead atoms. The molecule has 2 fully saturated rings. The summed E-state index contributed by atoms with van der Waals surface area (Å²) in [7, 11) is 0. The van der Waals surface area contributed by atoms with Crippen molar-refractivity contribution in [2.45, 2.75) is 63.8 Å². The van der Waals surface area contributed by atoms with E-state index in [1.807, 2.05) is 0 Å². The van der Waals surface area contributed by atoms with Gasteiger partial charge in [0.25, 0.3) is 0 Å². The van der Waals surface area contributed by atoms with Crippen LogP contribution in [0.2, 0.25) is 0 Å². The maximum absolute atomic E-state index is 12.6. The van der Waals surface area contributed by atoms with Crippen molar-refractivity contribution in [3.63, 3.8) is 0 Å². The van der Waals surface area contributed by atoms with Crippen LogP contribution < -0.4 is 5.73 Å². The molecule has 1 saturated carbocycles. The summed E-state index contributed by atoms with van der Waals surface area (Å²) in [5.41, 5.74) is 5.82. The van der Waals surface area contributed by atoms with E-state index in [1.165, 1.54) is 25.7 Å². The molecule has 0 aromatic rings. The van der Waals surface area contributed by atoms with Crippen LogP contribution in [0.5, 0.6) is 0 Å². The van der Waals surface area contributed by atoms with Gasteiger partial charge in [-0.25, -0.2) is 0 Å². The van der Waals surface area contributed by atoms with Crippen LogP contribution in [0.4, 0.5) is 0 Å². The topological polar surface area (TPSA) is 46.3 Å². The van der Waals surface area contributed by atoms with Crippen LogP contribution in [0, 0.1) is 5.92 Å². The van der Waals surface area contributed by atoms with E-state index in [4.69, 9.17) is 5.73 Å². The molecule has 2 aliphatic rings. The molecule has 0 radical (unpaired) electrons.